The zero-order valence-electron chi connectivity index (χ0n) is 16.3. The predicted molar refractivity (Wildman–Crippen MR) is 127 cm³/mol. The summed E-state index contributed by atoms with van der Waals surface area (Å²) < 4.78 is 1.78. The van der Waals surface area contributed by atoms with Crippen molar-refractivity contribution in [2.45, 2.75) is 12.5 Å². The fourth-order valence-corrected chi connectivity index (χ4v) is 4.65. The van der Waals surface area contributed by atoms with Gasteiger partial charge in [0, 0.05) is 15.4 Å². The monoisotopic (exact) mass is 537 g/mol. The van der Waals surface area contributed by atoms with Crippen molar-refractivity contribution in [3.63, 3.8) is 0 Å². The van der Waals surface area contributed by atoms with E-state index < -0.39 is 11.7 Å². The molecule has 0 saturated heterocycles. The molecule has 2 aliphatic heterocycles. The van der Waals surface area contributed by atoms with Crippen molar-refractivity contribution >= 4 is 54.9 Å². The van der Waals surface area contributed by atoms with Gasteiger partial charge >= 0.3 is 5.91 Å². The van der Waals surface area contributed by atoms with Crippen LogP contribution in [0, 0.1) is 0 Å². The topological polar surface area (TPSA) is 53.0 Å². The highest BCUT2D eigenvalue weighted by atomic mass is 79.9. The second kappa shape index (κ2) is 8.05. The van der Waals surface area contributed by atoms with Crippen molar-refractivity contribution in [2.75, 3.05) is 11.6 Å². The van der Waals surface area contributed by atoms with Crippen LogP contribution in [0.25, 0.3) is 0 Å². The molecule has 0 bridgehead atoms. The molecule has 1 atom stereocenters. The van der Waals surface area contributed by atoms with Gasteiger partial charge in [-0.25, -0.2) is 0 Å². The summed E-state index contributed by atoms with van der Waals surface area (Å²) in [6.07, 6.45) is 0.717. The quantitative estimate of drug-likeness (QED) is 0.409. The molecule has 0 saturated carbocycles. The smallest absolute Gasteiger partial charge is 0.285 e. The van der Waals surface area contributed by atoms with Gasteiger partial charge in [-0.15, -0.1) is 0 Å². The van der Waals surface area contributed by atoms with Gasteiger partial charge < -0.3 is 0 Å². The van der Waals surface area contributed by atoms with Crippen LogP contribution >= 0.6 is 31.9 Å². The Kier molecular flexibility index (Phi) is 5.24. The number of rotatable bonds is 4. The van der Waals surface area contributed by atoms with E-state index in [0.29, 0.717) is 11.3 Å². The Morgan fingerprint density at radius 2 is 1.61 bits per heavy atom. The minimum Gasteiger partial charge on any atom is -0.285 e. The molecule has 154 valence electrons. The maximum Gasteiger partial charge on any atom is 0.301 e. The Labute approximate surface area is 196 Å². The molecule has 3 aromatic carbocycles. The van der Waals surface area contributed by atoms with Crippen LogP contribution in [0.3, 0.4) is 0 Å². The summed E-state index contributed by atoms with van der Waals surface area (Å²) in [4.78, 5) is 26.8. The van der Waals surface area contributed by atoms with E-state index in [1.54, 1.807) is 12.1 Å². The Morgan fingerprint density at radius 3 is 2.35 bits per heavy atom. The highest BCUT2D eigenvalue weighted by molar-refractivity contribution is 9.10. The summed E-state index contributed by atoms with van der Waals surface area (Å²) in [5.41, 5.74) is 4.16. The normalized spacial score (nSPS) is 17.9. The molecular weight excluding hydrogens is 522 g/mol. The second-order valence-electron chi connectivity index (χ2n) is 7.49. The molecule has 2 aliphatic rings. The van der Waals surface area contributed by atoms with E-state index in [9.17, 15) is 9.59 Å². The third-order valence-corrected chi connectivity index (χ3v) is 6.60. The van der Waals surface area contributed by atoms with Crippen LogP contribution in [0.4, 0.5) is 5.69 Å². The van der Waals surface area contributed by atoms with E-state index in [1.807, 2.05) is 53.5 Å². The molecule has 1 unspecified atom stereocenters. The lowest BCUT2D eigenvalue weighted by molar-refractivity contribution is -0.114. The van der Waals surface area contributed by atoms with Crippen molar-refractivity contribution in [3.8, 4) is 0 Å². The van der Waals surface area contributed by atoms with Crippen LogP contribution in [-0.2, 0) is 4.79 Å². The second-order valence-corrected chi connectivity index (χ2v) is 9.32. The van der Waals surface area contributed by atoms with Crippen molar-refractivity contribution in [3.05, 3.63) is 98.4 Å². The molecule has 0 spiro atoms. The van der Waals surface area contributed by atoms with Gasteiger partial charge in [-0.05, 0) is 41.5 Å². The number of nitrogens with zero attached hydrogens (tertiary/aromatic N) is 3. The summed E-state index contributed by atoms with van der Waals surface area (Å²) in [5, 5.41) is 6.79. The van der Waals surface area contributed by atoms with Gasteiger partial charge in [0.05, 0.1) is 23.0 Å². The number of benzene rings is 3. The fraction of sp³-hybridized carbons (Fsp3) is 0.125. The fourth-order valence-electron chi connectivity index (χ4n) is 4.03. The summed E-state index contributed by atoms with van der Waals surface area (Å²) in [6.45, 7) is 0.207. The SMILES string of the molecule is O=C1C(=O)N(CN2N=C(c3ccc(Br)cc3)CC2c2ccccc2)c2ccc(Br)cc21. The van der Waals surface area contributed by atoms with Gasteiger partial charge in [0.15, 0.2) is 0 Å². The minimum atomic E-state index is -0.521. The Balaban J connectivity index is 1.51. The lowest BCUT2D eigenvalue weighted by atomic mass is 9.99. The number of hydrazone groups is 1. The number of anilines is 1. The lowest BCUT2D eigenvalue weighted by Gasteiger charge is -2.28. The van der Waals surface area contributed by atoms with Gasteiger partial charge in [0.2, 0.25) is 0 Å². The minimum absolute atomic E-state index is 0.0257. The number of carbonyl (C=O) groups is 2. The number of hydrogen-bond acceptors (Lipinski definition) is 4. The maximum atomic E-state index is 12.8. The molecule has 2 heterocycles. The largest absolute Gasteiger partial charge is 0.301 e. The summed E-state index contributed by atoms with van der Waals surface area (Å²) >= 11 is 6.86. The van der Waals surface area contributed by atoms with Crippen LogP contribution in [0.15, 0.2) is 86.8 Å². The predicted octanol–water partition coefficient (Wildman–Crippen LogP) is 5.55. The number of ketones is 1. The first-order valence-electron chi connectivity index (χ1n) is 9.82. The highest BCUT2D eigenvalue weighted by Crippen LogP contribution is 2.36. The Hall–Kier alpha value is -2.77. The summed E-state index contributed by atoms with van der Waals surface area (Å²) in [6, 6.07) is 23.5. The molecule has 0 N–H and O–H groups in total. The zero-order valence-corrected chi connectivity index (χ0v) is 19.5. The van der Waals surface area contributed by atoms with Crippen molar-refractivity contribution < 1.29 is 9.59 Å². The summed E-state index contributed by atoms with van der Waals surface area (Å²) in [7, 11) is 0. The molecule has 0 aromatic heterocycles. The molecular formula is C24H17Br2N3O2. The standard InChI is InChI=1S/C24H17Br2N3O2/c25-17-8-6-15(7-9-17)20-13-22(16-4-2-1-3-5-16)29(27-20)14-28-21-11-10-18(26)12-19(21)23(30)24(28)31/h1-12,22H,13-14H2. The molecule has 0 aliphatic carbocycles. The van der Waals surface area contributed by atoms with Crippen LogP contribution in [0.5, 0.6) is 0 Å². The van der Waals surface area contributed by atoms with Crippen molar-refractivity contribution in [2.24, 2.45) is 5.10 Å². The van der Waals surface area contributed by atoms with Gasteiger partial charge in [-0.3, -0.25) is 19.5 Å². The van der Waals surface area contributed by atoms with Crippen LogP contribution < -0.4 is 4.90 Å². The lowest BCUT2D eigenvalue weighted by Crippen LogP contribution is -2.39. The summed E-state index contributed by atoms with van der Waals surface area (Å²) in [5.74, 6) is -1.00. The number of halogens is 2. The third kappa shape index (κ3) is 3.72. The van der Waals surface area contributed by atoms with Crippen molar-refractivity contribution in [1.29, 1.82) is 0 Å². The van der Waals surface area contributed by atoms with Crippen LogP contribution in [0.2, 0.25) is 0 Å². The van der Waals surface area contributed by atoms with E-state index in [2.05, 4.69) is 44.0 Å². The van der Waals surface area contributed by atoms with E-state index in [0.717, 1.165) is 32.2 Å². The van der Waals surface area contributed by atoms with Gasteiger partial charge in [-0.1, -0.05) is 74.3 Å². The molecule has 0 fully saturated rings. The zero-order chi connectivity index (χ0) is 21.5. The van der Waals surface area contributed by atoms with Gasteiger partial charge in [0.1, 0.15) is 6.67 Å². The molecule has 7 heteroatoms. The molecule has 5 nitrogen and oxygen atoms in total. The van der Waals surface area contributed by atoms with E-state index >= 15 is 0 Å². The van der Waals surface area contributed by atoms with E-state index in [4.69, 9.17) is 5.10 Å². The van der Waals surface area contributed by atoms with E-state index in [-0.39, 0.29) is 12.7 Å². The number of carbonyl (C=O) groups excluding carboxylic acids is 2. The number of amides is 1. The highest BCUT2D eigenvalue weighted by Gasteiger charge is 2.39. The number of Topliss-reactive ketones (excluding diaryl/α,β-unsaturated/α-hetero) is 1. The molecule has 1 amide bonds. The van der Waals surface area contributed by atoms with Gasteiger partial charge in [-0.2, -0.15) is 5.10 Å². The average molecular weight is 539 g/mol. The molecule has 5 rings (SSSR count). The average Bonchev–Trinajstić information content (AvgIpc) is 3.30. The van der Waals surface area contributed by atoms with Crippen LogP contribution in [0.1, 0.15) is 33.9 Å². The molecule has 31 heavy (non-hydrogen) atoms. The molecule has 0 radical (unpaired) electrons. The molecule has 3 aromatic rings. The van der Waals surface area contributed by atoms with Crippen molar-refractivity contribution in [1.82, 2.24) is 5.01 Å². The Morgan fingerprint density at radius 1 is 0.903 bits per heavy atom. The van der Waals surface area contributed by atoms with E-state index in [1.165, 1.54) is 4.90 Å². The Bertz CT molecular complexity index is 1210. The van der Waals surface area contributed by atoms with Crippen LogP contribution in [-0.4, -0.2) is 29.1 Å². The first kappa shape index (κ1) is 20.2. The number of hydrogen-bond donors (Lipinski definition) is 0. The first-order valence-corrected chi connectivity index (χ1v) is 11.4. The van der Waals surface area contributed by atoms with Gasteiger partial charge in [0.25, 0.3) is 5.78 Å². The first-order chi connectivity index (χ1) is 15.0. The maximum absolute atomic E-state index is 12.8. The third-order valence-electron chi connectivity index (χ3n) is 5.58. The number of fused-ring (bicyclic) bond motifs is 1.